The maximum atomic E-state index is 6.23. The highest BCUT2D eigenvalue weighted by atomic mass is 32.1. The van der Waals surface area contributed by atoms with Crippen molar-refractivity contribution in [2.45, 2.75) is 89.1 Å². The lowest BCUT2D eigenvalue weighted by Crippen LogP contribution is -2.49. The first-order chi connectivity index (χ1) is 14.6. The Morgan fingerprint density at radius 3 is 2.55 bits per heavy atom. The van der Waals surface area contributed by atoms with E-state index in [2.05, 4.69) is 56.2 Å². The van der Waals surface area contributed by atoms with Gasteiger partial charge >= 0.3 is 0 Å². The van der Waals surface area contributed by atoms with E-state index in [4.69, 9.17) is 16.5 Å². The van der Waals surface area contributed by atoms with Crippen molar-refractivity contribution in [2.75, 3.05) is 19.6 Å². The van der Waals surface area contributed by atoms with Gasteiger partial charge in [0.15, 0.2) is 0 Å². The van der Waals surface area contributed by atoms with Crippen molar-refractivity contribution in [1.82, 2.24) is 9.88 Å². The van der Waals surface area contributed by atoms with Crippen LogP contribution < -0.4 is 11.5 Å². The van der Waals surface area contributed by atoms with Gasteiger partial charge in [-0.1, -0.05) is 39.8 Å². The maximum absolute atomic E-state index is 6.23. The van der Waals surface area contributed by atoms with Crippen LogP contribution in [0.25, 0.3) is 11.3 Å². The third-order valence-corrected chi connectivity index (χ3v) is 8.68. The smallest absolute Gasteiger partial charge is 0.0976 e. The van der Waals surface area contributed by atoms with Crippen LogP contribution in [0.3, 0.4) is 0 Å². The quantitative estimate of drug-likeness (QED) is 0.685. The van der Waals surface area contributed by atoms with Gasteiger partial charge in [0, 0.05) is 42.0 Å². The summed E-state index contributed by atoms with van der Waals surface area (Å²) in [5.74, 6) is 0.501. The number of benzene rings is 1. The highest BCUT2D eigenvalue weighted by molar-refractivity contribution is 7.10. The third kappa shape index (κ3) is 4.75. The van der Waals surface area contributed by atoms with Crippen LogP contribution in [0.1, 0.15) is 82.4 Å². The molecule has 3 atom stereocenters. The molecule has 0 saturated carbocycles. The van der Waals surface area contributed by atoms with E-state index in [1.54, 1.807) is 0 Å². The number of thiazole rings is 1. The molecule has 3 unspecified atom stereocenters. The zero-order valence-corrected chi connectivity index (χ0v) is 20.8. The molecule has 31 heavy (non-hydrogen) atoms. The van der Waals surface area contributed by atoms with Crippen LogP contribution in [0, 0.1) is 0 Å². The van der Waals surface area contributed by atoms with E-state index >= 15 is 0 Å². The molecule has 2 aliphatic rings. The molecule has 5 heteroatoms. The Morgan fingerprint density at radius 1 is 1.13 bits per heavy atom. The largest absolute Gasteiger partial charge is 0.327 e. The standard InChI is InChI=1S/C26H40N4S/c1-17(27)22(28)15-30-12-6-7-19(14-30)24-29-23(16-31-24)18-8-9-20-21(13-18)26(4,5)11-10-25(20,2)3/h8-9,13,16-17,19,22H,6-7,10-12,14-15,27-28H2,1-5H3. The van der Waals surface area contributed by atoms with E-state index < -0.39 is 0 Å². The molecular weight excluding hydrogens is 400 g/mol. The Morgan fingerprint density at radius 2 is 1.84 bits per heavy atom. The first-order valence-corrected chi connectivity index (χ1v) is 12.8. The molecule has 2 heterocycles. The van der Waals surface area contributed by atoms with Gasteiger partial charge in [-0.3, -0.25) is 0 Å². The Balaban J connectivity index is 1.54. The fourth-order valence-corrected chi connectivity index (χ4v) is 6.20. The summed E-state index contributed by atoms with van der Waals surface area (Å²) >= 11 is 1.82. The molecule has 1 aromatic heterocycles. The van der Waals surface area contributed by atoms with Crippen LogP contribution in [0.4, 0.5) is 0 Å². The minimum Gasteiger partial charge on any atom is -0.327 e. The van der Waals surface area contributed by atoms with Gasteiger partial charge in [0.1, 0.15) is 0 Å². The second kappa shape index (κ2) is 8.58. The zero-order valence-electron chi connectivity index (χ0n) is 19.9. The fourth-order valence-electron chi connectivity index (χ4n) is 5.24. The number of fused-ring (bicyclic) bond motifs is 1. The number of likely N-dealkylation sites (tertiary alicyclic amines) is 1. The summed E-state index contributed by atoms with van der Waals surface area (Å²) in [5, 5.41) is 3.52. The number of piperidine rings is 1. The monoisotopic (exact) mass is 440 g/mol. The van der Waals surface area contributed by atoms with Gasteiger partial charge in [-0.25, -0.2) is 4.98 Å². The molecule has 1 aromatic carbocycles. The van der Waals surface area contributed by atoms with E-state index in [9.17, 15) is 0 Å². The van der Waals surface area contributed by atoms with Crippen molar-refractivity contribution < 1.29 is 0 Å². The van der Waals surface area contributed by atoms with Gasteiger partial charge in [-0.05, 0) is 67.2 Å². The molecule has 4 nitrogen and oxygen atoms in total. The molecule has 1 saturated heterocycles. The van der Waals surface area contributed by atoms with E-state index in [-0.39, 0.29) is 22.9 Å². The summed E-state index contributed by atoms with van der Waals surface area (Å²) in [6.45, 7) is 14.6. The summed E-state index contributed by atoms with van der Waals surface area (Å²) in [5.41, 5.74) is 18.1. The van der Waals surface area contributed by atoms with Crippen molar-refractivity contribution in [2.24, 2.45) is 11.5 Å². The van der Waals surface area contributed by atoms with Crippen molar-refractivity contribution in [3.05, 3.63) is 39.7 Å². The van der Waals surface area contributed by atoms with E-state index in [0.29, 0.717) is 5.92 Å². The van der Waals surface area contributed by atoms with Crippen LogP contribution >= 0.6 is 11.3 Å². The second-order valence-electron chi connectivity index (χ2n) is 11.2. The number of rotatable bonds is 5. The molecule has 1 aliphatic carbocycles. The van der Waals surface area contributed by atoms with Gasteiger partial charge in [0.05, 0.1) is 10.7 Å². The molecule has 0 bridgehead atoms. The Bertz CT molecular complexity index is 914. The predicted octanol–water partition coefficient (Wildman–Crippen LogP) is 5.01. The van der Waals surface area contributed by atoms with Crippen LogP contribution in [-0.4, -0.2) is 41.6 Å². The number of aromatic nitrogens is 1. The van der Waals surface area contributed by atoms with Crippen LogP contribution in [0.15, 0.2) is 23.6 Å². The SMILES string of the molecule is CC(N)C(N)CN1CCCC(c2nc(-c3ccc4c(c3)C(C)(C)CCC4(C)C)cs2)C1. The summed E-state index contributed by atoms with van der Waals surface area (Å²) < 4.78 is 0. The first kappa shape index (κ1) is 22.9. The van der Waals surface area contributed by atoms with Crippen molar-refractivity contribution in [3.8, 4) is 11.3 Å². The molecule has 0 spiro atoms. The maximum Gasteiger partial charge on any atom is 0.0976 e. The minimum atomic E-state index is 0.0325. The fraction of sp³-hybridized carbons (Fsp3) is 0.654. The zero-order chi connectivity index (χ0) is 22.4. The number of nitrogens with two attached hydrogens (primary N) is 2. The third-order valence-electron chi connectivity index (χ3n) is 7.67. The lowest BCUT2D eigenvalue weighted by Gasteiger charge is -2.42. The topological polar surface area (TPSA) is 68.2 Å². The summed E-state index contributed by atoms with van der Waals surface area (Å²) in [6.07, 6.45) is 4.90. The van der Waals surface area contributed by atoms with E-state index in [1.165, 1.54) is 47.4 Å². The average molecular weight is 441 g/mol. The van der Waals surface area contributed by atoms with Crippen LogP contribution in [-0.2, 0) is 10.8 Å². The van der Waals surface area contributed by atoms with Crippen molar-refractivity contribution >= 4 is 11.3 Å². The molecular formula is C26H40N4S. The van der Waals surface area contributed by atoms with Gasteiger partial charge in [0.2, 0.25) is 0 Å². The highest BCUT2D eigenvalue weighted by Crippen LogP contribution is 2.47. The molecule has 4 rings (SSSR count). The molecule has 1 aliphatic heterocycles. The average Bonchev–Trinajstić information content (AvgIpc) is 3.22. The van der Waals surface area contributed by atoms with Gasteiger partial charge < -0.3 is 16.4 Å². The van der Waals surface area contributed by atoms with Crippen LogP contribution in [0.2, 0.25) is 0 Å². The molecule has 2 aromatic rings. The summed E-state index contributed by atoms with van der Waals surface area (Å²) in [6, 6.07) is 7.14. The van der Waals surface area contributed by atoms with E-state index in [0.717, 1.165) is 25.3 Å². The molecule has 4 N–H and O–H groups in total. The molecule has 0 amide bonds. The number of hydrogen-bond donors (Lipinski definition) is 2. The second-order valence-corrected chi connectivity index (χ2v) is 12.1. The molecule has 1 fully saturated rings. The number of hydrogen-bond acceptors (Lipinski definition) is 5. The summed E-state index contributed by atoms with van der Waals surface area (Å²) in [7, 11) is 0. The highest BCUT2D eigenvalue weighted by Gasteiger charge is 2.37. The Kier molecular flexibility index (Phi) is 6.34. The summed E-state index contributed by atoms with van der Waals surface area (Å²) in [4.78, 5) is 7.60. The lowest BCUT2D eigenvalue weighted by atomic mass is 9.63. The predicted molar refractivity (Wildman–Crippen MR) is 133 cm³/mol. The van der Waals surface area contributed by atoms with Crippen LogP contribution in [0.5, 0.6) is 0 Å². The Labute approximate surface area is 192 Å². The molecule has 170 valence electrons. The van der Waals surface area contributed by atoms with Crippen molar-refractivity contribution in [3.63, 3.8) is 0 Å². The van der Waals surface area contributed by atoms with Gasteiger partial charge in [0.25, 0.3) is 0 Å². The van der Waals surface area contributed by atoms with Crippen molar-refractivity contribution in [1.29, 1.82) is 0 Å². The normalized spacial score (nSPS) is 25.1. The molecule has 0 radical (unpaired) electrons. The number of nitrogens with zero attached hydrogens (tertiary/aromatic N) is 2. The van der Waals surface area contributed by atoms with Gasteiger partial charge in [-0.2, -0.15) is 0 Å². The minimum absolute atomic E-state index is 0.0325. The Hall–Kier alpha value is -1.27. The first-order valence-electron chi connectivity index (χ1n) is 11.9. The van der Waals surface area contributed by atoms with Gasteiger partial charge in [-0.15, -0.1) is 11.3 Å². The van der Waals surface area contributed by atoms with E-state index in [1.807, 2.05) is 18.3 Å². The lowest BCUT2D eigenvalue weighted by molar-refractivity contribution is 0.191.